The number of amides is 1. The SMILES string of the molecule is COc1ccc(NC(=O)CCc2nc3c(C)nn(-c4ccc(C)cc4)c3n(C)c2=O)cc1OC. The van der Waals surface area contributed by atoms with Crippen LogP contribution in [0.4, 0.5) is 5.69 Å². The summed E-state index contributed by atoms with van der Waals surface area (Å²) < 4.78 is 13.8. The van der Waals surface area contributed by atoms with Crippen molar-refractivity contribution in [3.63, 3.8) is 0 Å². The average molecular weight is 462 g/mol. The van der Waals surface area contributed by atoms with Crippen molar-refractivity contribution < 1.29 is 14.3 Å². The molecule has 2 heterocycles. The number of benzene rings is 2. The highest BCUT2D eigenvalue weighted by Crippen LogP contribution is 2.29. The van der Waals surface area contributed by atoms with Crippen LogP contribution in [0.2, 0.25) is 0 Å². The van der Waals surface area contributed by atoms with Crippen molar-refractivity contribution >= 4 is 22.8 Å². The smallest absolute Gasteiger partial charge is 0.273 e. The molecule has 2 aromatic heterocycles. The molecular formula is C25H27N5O4. The molecule has 0 saturated carbocycles. The van der Waals surface area contributed by atoms with E-state index in [4.69, 9.17) is 9.47 Å². The van der Waals surface area contributed by atoms with Gasteiger partial charge in [0.2, 0.25) is 5.91 Å². The molecule has 4 rings (SSSR count). The maximum atomic E-state index is 13.1. The van der Waals surface area contributed by atoms with E-state index in [9.17, 15) is 9.59 Å². The van der Waals surface area contributed by atoms with E-state index in [0.29, 0.717) is 39.7 Å². The van der Waals surface area contributed by atoms with Crippen molar-refractivity contribution in [2.45, 2.75) is 26.7 Å². The molecule has 0 aliphatic heterocycles. The molecule has 9 nitrogen and oxygen atoms in total. The van der Waals surface area contributed by atoms with Gasteiger partial charge in [-0.3, -0.25) is 14.2 Å². The van der Waals surface area contributed by atoms with E-state index in [1.165, 1.54) is 7.11 Å². The minimum Gasteiger partial charge on any atom is -0.493 e. The molecule has 0 atom stereocenters. The lowest BCUT2D eigenvalue weighted by atomic mass is 10.2. The highest BCUT2D eigenvalue weighted by Gasteiger charge is 2.18. The van der Waals surface area contributed by atoms with E-state index in [2.05, 4.69) is 15.4 Å². The lowest BCUT2D eigenvalue weighted by molar-refractivity contribution is -0.116. The first-order chi connectivity index (χ1) is 16.3. The number of aryl methyl sites for hydroxylation is 4. The Bertz CT molecular complexity index is 1420. The van der Waals surface area contributed by atoms with Crippen LogP contribution >= 0.6 is 0 Å². The van der Waals surface area contributed by atoms with E-state index in [1.807, 2.05) is 38.1 Å². The summed E-state index contributed by atoms with van der Waals surface area (Å²) in [5.41, 5.74) is 4.60. The lowest BCUT2D eigenvalue weighted by Gasteiger charge is -2.11. The molecule has 1 amide bonds. The maximum absolute atomic E-state index is 13.1. The minimum absolute atomic E-state index is 0.104. The van der Waals surface area contributed by atoms with Crippen LogP contribution < -0.4 is 20.3 Å². The van der Waals surface area contributed by atoms with E-state index >= 15 is 0 Å². The standard InChI is InChI=1S/C25H27N5O4/c1-15-6-9-18(10-7-15)30-24-23(16(2)28-30)27-19(25(32)29(24)3)11-13-22(31)26-17-8-12-20(33-4)21(14-17)34-5/h6-10,12,14H,11,13H2,1-5H3,(H,26,31). The molecule has 0 bridgehead atoms. The van der Waals surface area contributed by atoms with E-state index in [0.717, 1.165) is 11.3 Å². The molecule has 2 aromatic carbocycles. The Hall–Kier alpha value is -4.14. The second-order valence-corrected chi connectivity index (χ2v) is 8.05. The summed E-state index contributed by atoms with van der Waals surface area (Å²) >= 11 is 0. The molecular weight excluding hydrogens is 434 g/mol. The Kier molecular flexibility index (Phi) is 6.36. The first kappa shape index (κ1) is 23.0. The van der Waals surface area contributed by atoms with Crippen molar-refractivity contribution in [1.29, 1.82) is 0 Å². The molecule has 0 radical (unpaired) electrons. The fourth-order valence-electron chi connectivity index (χ4n) is 3.81. The van der Waals surface area contributed by atoms with Crippen molar-refractivity contribution in [3.05, 3.63) is 69.8 Å². The number of carbonyl (C=O) groups excluding carboxylic acids is 1. The maximum Gasteiger partial charge on any atom is 0.273 e. The van der Waals surface area contributed by atoms with Gasteiger partial charge in [0.15, 0.2) is 17.1 Å². The second-order valence-electron chi connectivity index (χ2n) is 8.05. The monoisotopic (exact) mass is 461 g/mol. The Labute approximate surface area is 197 Å². The van der Waals surface area contributed by atoms with Gasteiger partial charge >= 0.3 is 0 Å². The zero-order valence-corrected chi connectivity index (χ0v) is 19.9. The molecule has 0 spiro atoms. The fourth-order valence-corrected chi connectivity index (χ4v) is 3.81. The van der Waals surface area contributed by atoms with Crippen molar-refractivity contribution in [1.82, 2.24) is 19.3 Å². The van der Waals surface area contributed by atoms with Crippen molar-refractivity contribution in [2.24, 2.45) is 7.05 Å². The first-order valence-corrected chi connectivity index (χ1v) is 10.9. The van der Waals surface area contributed by atoms with E-state index in [-0.39, 0.29) is 24.3 Å². The Balaban J connectivity index is 1.57. The number of aromatic nitrogens is 4. The van der Waals surface area contributed by atoms with Gasteiger partial charge in [0.05, 0.1) is 25.6 Å². The van der Waals surface area contributed by atoms with Crippen molar-refractivity contribution in [3.8, 4) is 17.2 Å². The minimum atomic E-state index is -0.250. The molecule has 0 aliphatic rings. The number of ether oxygens (including phenoxy) is 2. The summed E-state index contributed by atoms with van der Waals surface area (Å²) in [6.45, 7) is 3.87. The summed E-state index contributed by atoms with van der Waals surface area (Å²) in [6, 6.07) is 13.0. The van der Waals surface area contributed by atoms with Crippen LogP contribution in [-0.2, 0) is 18.3 Å². The van der Waals surface area contributed by atoms with Crippen LogP contribution in [0.25, 0.3) is 16.9 Å². The van der Waals surface area contributed by atoms with Crippen LogP contribution in [-0.4, -0.2) is 39.5 Å². The highest BCUT2D eigenvalue weighted by molar-refractivity contribution is 5.91. The number of fused-ring (bicyclic) bond motifs is 1. The average Bonchev–Trinajstić information content (AvgIpc) is 3.17. The van der Waals surface area contributed by atoms with Crippen LogP contribution in [0.5, 0.6) is 11.5 Å². The number of methoxy groups -OCH3 is 2. The zero-order chi connectivity index (χ0) is 24.4. The topological polar surface area (TPSA) is 100 Å². The molecule has 9 heteroatoms. The summed E-state index contributed by atoms with van der Waals surface area (Å²) in [5.74, 6) is 0.855. The second kappa shape index (κ2) is 9.38. The highest BCUT2D eigenvalue weighted by atomic mass is 16.5. The summed E-state index contributed by atoms with van der Waals surface area (Å²) in [4.78, 5) is 30.2. The van der Waals surface area contributed by atoms with Gasteiger partial charge in [-0.15, -0.1) is 0 Å². The molecule has 0 unspecified atom stereocenters. The number of nitrogens with zero attached hydrogens (tertiary/aromatic N) is 4. The summed E-state index contributed by atoms with van der Waals surface area (Å²) in [6.07, 6.45) is 0.310. The Morgan fingerprint density at radius 1 is 1.03 bits per heavy atom. The molecule has 0 aliphatic carbocycles. The third-order valence-corrected chi connectivity index (χ3v) is 5.66. The van der Waals surface area contributed by atoms with E-state index < -0.39 is 0 Å². The molecule has 0 saturated heterocycles. The number of hydrogen-bond donors (Lipinski definition) is 1. The Morgan fingerprint density at radius 3 is 2.41 bits per heavy atom. The number of rotatable bonds is 7. The van der Waals surface area contributed by atoms with Gasteiger partial charge < -0.3 is 14.8 Å². The van der Waals surface area contributed by atoms with Gasteiger partial charge in [-0.05, 0) is 38.1 Å². The van der Waals surface area contributed by atoms with Gasteiger partial charge in [-0.25, -0.2) is 9.67 Å². The van der Waals surface area contributed by atoms with Gasteiger partial charge in [0.1, 0.15) is 11.2 Å². The van der Waals surface area contributed by atoms with E-state index in [1.54, 1.807) is 41.6 Å². The predicted octanol–water partition coefficient (Wildman–Crippen LogP) is 3.32. The first-order valence-electron chi connectivity index (χ1n) is 10.9. The largest absolute Gasteiger partial charge is 0.493 e. The molecule has 1 N–H and O–H groups in total. The normalized spacial score (nSPS) is 11.0. The van der Waals surface area contributed by atoms with Gasteiger partial charge in [0, 0.05) is 31.6 Å². The van der Waals surface area contributed by atoms with Crippen LogP contribution in [0.15, 0.2) is 47.3 Å². The van der Waals surface area contributed by atoms with Gasteiger partial charge in [-0.1, -0.05) is 17.7 Å². The number of hydrogen-bond acceptors (Lipinski definition) is 6. The molecule has 4 aromatic rings. The van der Waals surface area contributed by atoms with Gasteiger partial charge in [0.25, 0.3) is 5.56 Å². The third-order valence-electron chi connectivity index (χ3n) is 5.66. The van der Waals surface area contributed by atoms with Crippen LogP contribution in [0.1, 0.15) is 23.4 Å². The number of nitrogens with one attached hydrogen (secondary N) is 1. The molecule has 0 fully saturated rings. The van der Waals surface area contributed by atoms with Crippen molar-refractivity contribution in [2.75, 3.05) is 19.5 Å². The number of anilines is 1. The van der Waals surface area contributed by atoms with Crippen LogP contribution in [0, 0.1) is 13.8 Å². The Morgan fingerprint density at radius 2 is 1.74 bits per heavy atom. The molecule has 34 heavy (non-hydrogen) atoms. The summed E-state index contributed by atoms with van der Waals surface area (Å²) in [7, 11) is 4.78. The number of carbonyl (C=O) groups is 1. The fraction of sp³-hybridized carbons (Fsp3) is 0.280. The van der Waals surface area contributed by atoms with Gasteiger partial charge in [-0.2, -0.15) is 5.10 Å². The summed E-state index contributed by atoms with van der Waals surface area (Å²) in [5, 5.41) is 7.43. The third kappa shape index (κ3) is 4.36. The predicted molar refractivity (Wildman–Crippen MR) is 130 cm³/mol. The molecule has 176 valence electrons. The zero-order valence-electron chi connectivity index (χ0n) is 19.9. The lowest BCUT2D eigenvalue weighted by Crippen LogP contribution is -2.25. The van der Waals surface area contributed by atoms with Crippen LogP contribution in [0.3, 0.4) is 0 Å². The quantitative estimate of drug-likeness (QED) is 0.453.